The Bertz CT molecular complexity index is 527. The molecule has 19 heavy (non-hydrogen) atoms. The number of allylic oxidation sites excluding steroid dienone is 2. The highest BCUT2D eigenvalue weighted by molar-refractivity contribution is 9.11. The predicted molar refractivity (Wildman–Crippen MR) is 76.4 cm³/mol. The summed E-state index contributed by atoms with van der Waals surface area (Å²) >= 11 is 3.42. The molecule has 0 saturated carbocycles. The van der Waals surface area contributed by atoms with E-state index in [0.717, 1.165) is 35.6 Å². The fraction of sp³-hybridized carbons (Fsp3) is 0.417. The minimum absolute atomic E-state index is 0.682. The van der Waals surface area contributed by atoms with Gasteiger partial charge in [-0.15, -0.1) is 0 Å². The molecule has 3 rings (SSSR count). The minimum atomic E-state index is -0.682. The Kier molecular flexibility index (Phi) is 3.34. The van der Waals surface area contributed by atoms with Crippen LogP contribution in [0.5, 0.6) is 0 Å². The zero-order valence-corrected chi connectivity index (χ0v) is 12.2. The Morgan fingerprint density at radius 2 is 2.42 bits per heavy atom. The van der Waals surface area contributed by atoms with Crippen LogP contribution in [0, 0.1) is 0 Å². The van der Waals surface area contributed by atoms with E-state index in [2.05, 4.69) is 31.7 Å². The lowest BCUT2D eigenvalue weighted by molar-refractivity contribution is 0.0868. The third-order valence-corrected chi connectivity index (χ3v) is 3.66. The van der Waals surface area contributed by atoms with E-state index >= 15 is 0 Å². The molecule has 0 radical (unpaired) electrons. The van der Waals surface area contributed by atoms with E-state index in [1.807, 2.05) is 30.1 Å². The minimum Gasteiger partial charge on any atom is -0.368 e. The second-order valence-electron chi connectivity index (χ2n) is 4.70. The maximum atomic E-state index is 10.1. The Labute approximate surface area is 119 Å². The van der Waals surface area contributed by atoms with Gasteiger partial charge in [0.2, 0.25) is 0 Å². The second-order valence-corrected chi connectivity index (χ2v) is 5.61. The quantitative estimate of drug-likeness (QED) is 0.750. The van der Waals surface area contributed by atoms with Crippen molar-refractivity contribution >= 4 is 21.7 Å². The molecule has 0 saturated heterocycles. The zero-order valence-electron chi connectivity index (χ0n) is 10.6. The summed E-state index contributed by atoms with van der Waals surface area (Å²) in [5.41, 5.74) is 1.86. The van der Waals surface area contributed by atoms with Gasteiger partial charge < -0.3 is 20.6 Å². The van der Waals surface area contributed by atoms with Crippen molar-refractivity contribution in [2.75, 3.05) is 18.9 Å². The summed E-state index contributed by atoms with van der Waals surface area (Å²) in [5, 5.41) is 21.1. The molecule has 0 spiro atoms. The molecule has 1 aromatic rings. The van der Waals surface area contributed by atoms with Crippen molar-refractivity contribution in [2.24, 2.45) is 0 Å². The standard InChI is InChI=1S/C12H16BrN5O/c1-17-7-8(13)4-10(12(17)19)15-11-5-9-6-14-2-3-18(9)16-11/h4-5,7,12,14,19H,2-3,6H2,1H3,(H,15,16). The lowest BCUT2D eigenvalue weighted by Gasteiger charge is -2.28. The van der Waals surface area contributed by atoms with E-state index < -0.39 is 6.23 Å². The highest BCUT2D eigenvalue weighted by Crippen LogP contribution is 2.23. The summed E-state index contributed by atoms with van der Waals surface area (Å²) in [6.45, 7) is 2.65. The van der Waals surface area contributed by atoms with Crippen molar-refractivity contribution in [1.29, 1.82) is 0 Å². The SMILES string of the molecule is CN1C=C(Br)C=C(Nc2cc3n(n2)CCNC3)C1O. The summed E-state index contributed by atoms with van der Waals surface area (Å²) in [6.07, 6.45) is 3.01. The van der Waals surface area contributed by atoms with Crippen LogP contribution in [0.25, 0.3) is 0 Å². The van der Waals surface area contributed by atoms with E-state index in [4.69, 9.17) is 0 Å². The summed E-state index contributed by atoms with van der Waals surface area (Å²) in [4.78, 5) is 1.73. The van der Waals surface area contributed by atoms with Gasteiger partial charge in [0.05, 0.1) is 17.9 Å². The number of aliphatic hydroxyl groups is 1. The molecule has 0 amide bonds. The van der Waals surface area contributed by atoms with Crippen LogP contribution in [-0.4, -0.2) is 39.6 Å². The van der Waals surface area contributed by atoms with Crippen molar-refractivity contribution < 1.29 is 5.11 Å². The number of halogens is 1. The first-order valence-corrected chi connectivity index (χ1v) is 6.96. The van der Waals surface area contributed by atoms with Crippen LogP contribution in [0.2, 0.25) is 0 Å². The largest absolute Gasteiger partial charge is 0.368 e. The number of fused-ring (bicyclic) bond motifs is 1. The normalized spacial score (nSPS) is 22.7. The van der Waals surface area contributed by atoms with Crippen LogP contribution >= 0.6 is 15.9 Å². The number of rotatable bonds is 2. The van der Waals surface area contributed by atoms with E-state index in [-0.39, 0.29) is 0 Å². The van der Waals surface area contributed by atoms with Gasteiger partial charge in [-0.1, -0.05) is 0 Å². The van der Waals surface area contributed by atoms with E-state index in [9.17, 15) is 5.11 Å². The predicted octanol–water partition coefficient (Wildman–Crippen LogP) is 0.782. The molecular formula is C12H16BrN5O. The van der Waals surface area contributed by atoms with Crippen LogP contribution in [0.15, 0.2) is 28.5 Å². The van der Waals surface area contributed by atoms with Gasteiger partial charge in [0.15, 0.2) is 12.0 Å². The third kappa shape index (κ3) is 2.54. The number of anilines is 1. The van der Waals surface area contributed by atoms with E-state index in [1.165, 1.54) is 0 Å². The van der Waals surface area contributed by atoms with E-state index in [0.29, 0.717) is 5.70 Å². The van der Waals surface area contributed by atoms with E-state index in [1.54, 1.807) is 4.90 Å². The summed E-state index contributed by atoms with van der Waals surface area (Å²) in [7, 11) is 1.82. The molecule has 6 nitrogen and oxygen atoms in total. The number of aromatic nitrogens is 2. The van der Waals surface area contributed by atoms with Gasteiger partial charge in [-0.25, -0.2) is 0 Å². The van der Waals surface area contributed by atoms with Crippen LogP contribution in [-0.2, 0) is 13.1 Å². The van der Waals surface area contributed by atoms with Crippen LogP contribution in [0.1, 0.15) is 5.69 Å². The van der Waals surface area contributed by atoms with Gasteiger partial charge in [-0.05, 0) is 22.0 Å². The van der Waals surface area contributed by atoms with Crippen LogP contribution in [0.4, 0.5) is 5.82 Å². The number of hydrogen-bond acceptors (Lipinski definition) is 5. The molecule has 1 aromatic heterocycles. The number of aliphatic hydroxyl groups excluding tert-OH is 1. The van der Waals surface area contributed by atoms with Crippen LogP contribution < -0.4 is 10.6 Å². The summed E-state index contributed by atoms with van der Waals surface area (Å²) < 4.78 is 2.90. The van der Waals surface area contributed by atoms with Gasteiger partial charge in [-0.2, -0.15) is 5.10 Å². The summed E-state index contributed by atoms with van der Waals surface area (Å²) in [6, 6.07) is 2.01. The van der Waals surface area contributed by atoms with Crippen molar-refractivity contribution in [3.8, 4) is 0 Å². The zero-order chi connectivity index (χ0) is 13.4. The first kappa shape index (κ1) is 12.7. The van der Waals surface area contributed by atoms with Gasteiger partial charge in [-0.3, -0.25) is 4.68 Å². The molecule has 2 aliphatic heterocycles. The molecule has 3 heterocycles. The van der Waals surface area contributed by atoms with Crippen molar-refractivity contribution in [3.05, 3.63) is 34.2 Å². The number of hydrogen-bond donors (Lipinski definition) is 3. The fourth-order valence-corrected chi connectivity index (χ4v) is 2.82. The van der Waals surface area contributed by atoms with Gasteiger partial charge in [0.1, 0.15) is 0 Å². The molecule has 2 aliphatic rings. The molecule has 3 N–H and O–H groups in total. The summed E-state index contributed by atoms with van der Waals surface area (Å²) in [5.74, 6) is 0.764. The van der Waals surface area contributed by atoms with Crippen molar-refractivity contribution in [2.45, 2.75) is 19.3 Å². The fourth-order valence-electron chi connectivity index (χ4n) is 2.25. The Morgan fingerprint density at radius 1 is 1.58 bits per heavy atom. The molecule has 0 aliphatic carbocycles. The van der Waals surface area contributed by atoms with Crippen molar-refractivity contribution in [3.63, 3.8) is 0 Å². The molecule has 0 fully saturated rings. The molecule has 7 heteroatoms. The number of nitrogens with zero attached hydrogens (tertiary/aromatic N) is 3. The Hall–Kier alpha value is -1.31. The first-order chi connectivity index (χ1) is 9.13. The first-order valence-electron chi connectivity index (χ1n) is 6.17. The topological polar surface area (TPSA) is 65.4 Å². The highest BCUT2D eigenvalue weighted by Gasteiger charge is 2.20. The molecular weight excluding hydrogens is 310 g/mol. The lowest BCUT2D eigenvalue weighted by Crippen LogP contribution is -2.34. The van der Waals surface area contributed by atoms with Gasteiger partial charge in [0.25, 0.3) is 0 Å². The Morgan fingerprint density at radius 3 is 3.21 bits per heavy atom. The molecule has 0 aromatic carbocycles. The number of likely N-dealkylation sites (N-methyl/N-ethyl adjacent to an activating group) is 1. The maximum Gasteiger partial charge on any atom is 0.167 e. The average molecular weight is 326 g/mol. The van der Waals surface area contributed by atoms with Crippen molar-refractivity contribution in [1.82, 2.24) is 20.0 Å². The molecule has 0 bridgehead atoms. The molecule has 1 unspecified atom stereocenters. The lowest BCUT2D eigenvalue weighted by atomic mass is 10.2. The monoisotopic (exact) mass is 325 g/mol. The van der Waals surface area contributed by atoms with Gasteiger partial charge >= 0.3 is 0 Å². The average Bonchev–Trinajstić information content (AvgIpc) is 2.77. The van der Waals surface area contributed by atoms with Gasteiger partial charge in [0, 0.05) is 36.9 Å². The van der Waals surface area contributed by atoms with Crippen LogP contribution in [0.3, 0.4) is 0 Å². The third-order valence-electron chi connectivity index (χ3n) is 3.23. The second kappa shape index (κ2) is 4.99. The maximum absolute atomic E-state index is 10.1. The highest BCUT2D eigenvalue weighted by atomic mass is 79.9. The number of nitrogens with one attached hydrogen (secondary N) is 2. The smallest absolute Gasteiger partial charge is 0.167 e. The Balaban J connectivity index is 1.81. The molecule has 1 atom stereocenters. The molecule has 102 valence electrons.